The Morgan fingerprint density at radius 1 is 0.871 bits per heavy atom. The zero-order valence-electron chi connectivity index (χ0n) is 17.1. The Balaban J connectivity index is 1.69. The largest absolute Gasteiger partial charge is 0.341 e. The van der Waals surface area contributed by atoms with E-state index in [1.165, 1.54) is 18.2 Å². The van der Waals surface area contributed by atoms with Crippen LogP contribution in [0, 0.1) is 0 Å². The monoisotopic (exact) mass is 434 g/mol. The van der Waals surface area contributed by atoms with Gasteiger partial charge >= 0.3 is 0 Å². The van der Waals surface area contributed by atoms with Gasteiger partial charge in [0.25, 0.3) is 21.8 Å². The number of sulfonamides is 1. The number of nitrogens with zero attached hydrogens (tertiary/aromatic N) is 1. The Morgan fingerprint density at radius 2 is 1.42 bits per heavy atom. The SMILES string of the molecule is CC(C)N1C(=O)c2ccc(C(=O)NC(c3ccccc3)c3ccccc3)cc2S1(=O)=O. The molecule has 0 bridgehead atoms. The Labute approximate surface area is 181 Å². The summed E-state index contributed by atoms with van der Waals surface area (Å²) in [5, 5.41) is 3.00. The van der Waals surface area contributed by atoms with E-state index in [1.807, 2.05) is 60.7 Å². The van der Waals surface area contributed by atoms with Crippen LogP contribution in [0.2, 0.25) is 0 Å². The third-order valence-electron chi connectivity index (χ3n) is 5.22. The van der Waals surface area contributed by atoms with E-state index in [0.717, 1.165) is 15.4 Å². The second kappa shape index (κ2) is 8.00. The molecule has 0 radical (unpaired) electrons. The molecule has 1 heterocycles. The van der Waals surface area contributed by atoms with Gasteiger partial charge in [-0.05, 0) is 43.2 Å². The lowest BCUT2D eigenvalue weighted by molar-refractivity contribution is 0.0845. The predicted molar refractivity (Wildman–Crippen MR) is 117 cm³/mol. The molecule has 7 heteroatoms. The van der Waals surface area contributed by atoms with Gasteiger partial charge in [-0.1, -0.05) is 60.7 Å². The highest BCUT2D eigenvalue weighted by Crippen LogP contribution is 2.33. The van der Waals surface area contributed by atoms with Crippen molar-refractivity contribution in [1.29, 1.82) is 0 Å². The summed E-state index contributed by atoms with van der Waals surface area (Å²) in [6.07, 6.45) is 0. The summed E-state index contributed by atoms with van der Waals surface area (Å²) < 4.78 is 26.6. The van der Waals surface area contributed by atoms with Crippen molar-refractivity contribution in [2.24, 2.45) is 0 Å². The molecule has 0 fully saturated rings. The van der Waals surface area contributed by atoms with Crippen LogP contribution in [0.3, 0.4) is 0 Å². The minimum absolute atomic E-state index is 0.0907. The number of benzene rings is 3. The summed E-state index contributed by atoms with van der Waals surface area (Å²) in [6.45, 7) is 3.28. The second-order valence-electron chi connectivity index (χ2n) is 7.64. The predicted octanol–water partition coefficient (Wildman–Crippen LogP) is 3.76. The quantitative estimate of drug-likeness (QED) is 0.663. The molecule has 1 aliphatic heterocycles. The fraction of sp³-hybridized carbons (Fsp3) is 0.167. The van der Waals surface area contributed by atoms with E-state index in [0.29, 0.717) is 0 Å². The van der Waals surface area contributed by atoms with Crippen LogP contribution < -0.4 is 5.32 Å². The Hall–Kier alpha value is -3.45. The molecule has 0 saturated carbocycles. The smallest absolute Gasteiger partial charge is 0.269 e. The highest BCUT2D eigenvalue weighted by molar-refractivity contribution is 7.90. The Kier molecular flexibility index (Phi) is 5.37. The number of fused-ring (bicyclic) bond motifs is 1. The third kappa shape index (κ3) is 3.72. The number of rotatable bonds is 5. The summed E-state index contributed by atoms with van der Waals surface area (Å²) in [5.41, 5.74) is 2.07. The minimum Gasteiger partial charge on any atom is -0.341 e. The minimum atomic E-state index is -3.98. The molecule has 0 aromatic heterocycles. The molecular formula is C24H22N2O4S. The first-order chi connectivity index (χ1) is 14.8. The number of carbonyl (C=O) groups excluding carboxylic acids is 2. The molecule has 3 aromatic carbocycles. The first-order valence-electron chi connectivity index (χ1n) is 9.94. The van der Waals surface area contributed by atoms with Crippen molar-refractivity contribution < 1.29 is 18.0 Å². The molecule has 31 heavy (non-hydrogen) atoms. The van der Waals surface area contributed by atoms with Gasteiger partial charge in [0.2, 0.25) is 0 Å². The van der Waals surface area contributed by atoms with Gasteiger partial charge in [-0.3, -0.25) is 9.59 Å². The normalized spacial score (nSPS) is 14.7. The van der Waals surface area contributed by atoms with Gasteiger partial charge in [0.15, 0.2) is 0 Å². The van der Waals surface area contributed by atoms with Gasteiger partial charge in [0, 0.05) is 11.6 Å². The van der Waals surface area contributed by atoms with Gasteiger partial charge in [0.1, 0.15) is 4.90 Å². The van der Waals surface area contributed by atoms with Crippen molar-refractivity contribution in [1.82, 2.24) is 9.62 Å². The van der Waals surface area contributed by atoms with Gasteiger partial charge in [-0.2, -0.15) is 0 Å². The summed E-state index contributed by atoms with van der Waals surface area (Å²) in [5.74, 6) is -0.991. The van der Waals surface area contributed by atoms with Gasteiger partial charge < -0.3 is 5.32 Å². The zero-order valence-corrected chi connectivity index (χ0v) is 18.0. The highest BCUT2D eigenvalue weighted by Gasteiger charge is 2.43. The van der Waals surface area contributed by atoms with Gasteiger partial charge in [0.05, 0.1) is 11.6 Å². The average Bonchev–Trinajstić information content (AvgIpc) is 2.98. The van der Waals surface area contributed by atoms with Crippen LogP contribution in [0.15, 0.2) is 83.8 Å². The van der Waals surface area contributed by atoms with Crippen LogP contribution >= 0.6 is 0 Å². The molecule has 4 rings (SSSR count). The lowest BCUT2D eigenvalue weighted by Crippen LogP contribution is -2.36. The summed E-state index contributed by atoms with van der Waals surface area (Å²) >= 11 is 0. The Bertz CT molecular complexity index is 1200. The van der Waals surface area contributed by atoms with Crippen LogP contribution in [0.1, 0.15) is 51.7 Å². The maximum atomic E-state index is 13.1. The molecule has 0 saturated heterocycles. The summed E-state index contributed by atoms with van der Waals surface area (Å²) in [7, 11) is -3.98. The molecule has 2 amide bonds. The van der Waals surface area contributed by atoms with Crippen molar-refractivity contribution in [3.63, 3.8) is 0 Å². The second-order valence-corrected chi connectivity index (χ2v) is 9.42. The molecule has 0 atom stereocenters. The average molecular weight is 435 g/mol. The van der Waals surface area contributed by atoms with Gasteiger partial charge in [-0.25, -0.2) is 12.7 Å². The maximum absolute atomic E-state index is 13.1. The molecule has 6 nitrogen and oxygen atoms in total. The number of hydrogen-bond acceptors (Lipinski definition) is 4. The van der Waals surface area contributed by atoms with Crippen LogP contribution in [0.5, 0.6) is 0 Å². The topological polar surface area (TPSA) is 83.6 Å². The lowest BCUT2D eigenvalue weighted by Gasteiger charge is -2.20. The number of nitrogens with one attached hydrogen (secondary N) is 1. The molecule has 0 spiro atoms. The van der Waals surface area contributed by atoms with Crippen molar-refractivity contribution in [2.75, 3.05) is 0 Å². The summed E-state index contributed by atoms with van der Waals surface area (Å²) in [6, 6.07) is 22.3. The fourth-order valence-electron chi connectivity index (χ4n) is 3.76. The first kappa shape index (κ1) is 20.8. The first-order valence-corrected chi connectivity index (χ1v) is 11.4. The Morgan fingerprint density at radius 3 is 1.94 bits per heavy atom. The van der Waals surface area contributed by atoms with E-state index in [1.54, 1.807) is 13.8 Å². The molecule has 0 aliphatic carbocycles. The fourth-order valence-corrected chi connectivity index (χ4v) is 5.56. The number of carbonyl (C=O) groups is 2. The lowest BCUT2D eigenvalue weighted by atomic mass is 9.98. The van der Waals surface area contributed by atoms with Crippen LogP contribution in [0.4, 0.5) is 0 Å². The molecule has 1 N–H and O–H groups in total. The van der Waals surface area contributed by atoms with E-state index in [9.17, 15) is 18.0 Å². The summed E-state index contributed by atoms with van der Waals surface area (Å²) in [4.78, 5) is 25.5. The zero-order chi connectivity index (χ0) is 22.2. The van der Waals surface area contributed by atoms with E-state index >= 15 is 0 Å². The van der Waals surface area contributed by atoms with Crippen molar-refractivity contribution >= 4 is 21.8 Å². The van der Waals surface area contributed by atoms with Gasteiger partial charge in [-0.15, -0.1) is 0 Å². The van der Waals surface area contributed by atoms with Crippen molar-refractivity contribution in [3.8, 4) is 0 Å². The molecule has 1 aliphatic rings. The standard InChI is InChI=1S/C24H22N2O4S/c1-16(2)26-24(28)20-14-13-19(15-21(20)31(26,29)30)23(27)25-22(17-9-5-3-6-10-17)18-11-7-4-8-12-18/h3-16,22H,1-2H3,(H,25,27). The third-order valence-corrected chi connectivity index (χ3v) is 7.22. The van der Waals surface area contributed by atoms with Crippen molar-refractivity contribution in [3.05, 3.63) is 101 Å². The van der Waals surface area contributed by atoms with Crippen LogP contribution in [0.25, 0.3) is 0 Å². The van der Waals surface area contributed by atoms with E-state index in [4.69, 9.17) is 0 Å². The van der Waals surface area contributed by atoms with E-state index < -0.39 is 33.9 Å². The van der Waals surface area contributed by atoms with Crippen LogP contribution in [-0.4, -0.2) is 30.6 Å². The maximum Gasteiger partial charge on any atom is 0.269 e. The van der Waals surface area contributed by atoms with Crippen molar-refractivity contribution in [2.45, 2.75) is 30.8 Å². The highest BCUT2D eigenvalue weighted by atomic mass is 32.2. The van der Waals surface area contributed by atoms with Crippen LogP contribution in [-0.2, 0) is 10.0 Å². The number of hydrogen-bond donors (Lipinski definition) is 1. The number of amides is 2. The van der Waals surface area contributed by atoms with E-state index in [-0.39, 0.29) is 16.0 Å². The molecule has 3 aromatic rings. The molecule has 158 valence electrons. The molecular weight excluding hydrogens is 412 g/mol. The molecule has 0 unspecified atom stereocenters. The van der Waals surface area contributed by atoms with E-state index in [2.05, 4.69) is 5.32 Å².